The number of nitrogens with zero attached hydrogens (tertiary/aromatic N) is 4. The minimum absolute atomic E-state index is 0.108. The van der Waals surface area contributed by atoms with Crippen LogP contribution in [0, 0.1) is 10.8 Å². The Bertz CT molecular complexity index is 1180. The Kier molecular flexibility index (Phi) is 5.25. The molecular weight excluding hydrogens is 426 g/mol. The van der Waals surface area contributed by atoms with Gasteiger partial charge in [0.15, 0.2) is 0 Å². The van der Waals surface area contributed by atoms with Crippen LogP contribution < -0.4 is 5.32 Å². The molecule has 3 fully saturated rings. The van der Waals surface area contributed by atoms with Crippen molar-refractivity contribution < 1.29 is 9.90 Å². The Morgan fingerprint density at radius 1 is 1.09 bits per heavy atom. The molecule has 1 aliphatic heterocycles. The fourth-order valence-electron chi connectivity index (χ4n) is 6.76. The van der Waals surface area contributed by atoms with E-state index in [2.05, 4.69) is 49.1 Å². The van der Waals surface area contributed by atoms with Crippen LogP contribution in [0.2, 0.25) is 0 Å². The summed E-state index contributed by atoms with van der Waals surface area (Å²) in [6, 6.07) is 8.58. The van der Waals surface area contributed by atoms with Gasteiger partial charge in [-0.25, -0.2) is 4.98 Å². The van der Waals surface area contributed by atoms with Crippen LogP contribution in [0.1, 0.15) is 68.7 Å². The Morgan fingerprint density at radius 2 is 1.94 bits per heavy atom. The number of carbonyl (C=O) groups excluding carboxylic acids is 1. The van der Waals surface area contributed by atoms with Gasteiger partial charge < -0.3 is 15.0 Å². The maximum Gasteiger partial charge on any atom is 0.226 e. The molecule has 0 radical (unpaired) electrons. The number of nitrogens with one attached hydrogen (secondary N) is 1. The molecular formula is C27H31N5O2. The molecule has 176 valence electrons. The van der Waals surface area contributed by atoms with Crippen molar-refractivity contribution in [2.45, 2.75) is 70.1 Å². The maximum atomic E-state index is 13.3. The number of hydrogen-bond acceptors (Lipinski definition) is 5. The van der Waals surface area contributed by atoms with Gasteiger partial charge in [-0.2, -0.15) is 0 Å². The minimum Gasteiger partial charge on any atom is -0.392 e. The third-order valence-corrected chi connectivity index (χ3v) is 8.81. The molecule has 2 aromatic heterocycles. The summed E-state index contributed by atoms with van der Waals surface area (Å²) in [6.07, 6.45) is 15.4. The molecule has 4 aliphatic rings. The van der Waals surface area contributed by atoms with Crippen molar-refractivity contribution in [3.8, 4) is 11.3 Å². The van der Waals surface area contributed by atoms with Crippen molar-refractivity contribution in [1.82, 2.24) is 24.8 Å². The summed E-state index contributed by atoms with van der Waals surface area (Å²) in [5.74, 6) is 0.135. The summed E-state index contributed by atoms with van der Waals surface area (Å²) in [6.45, 7) is 0.413. The third kappa shape index (κ3) is 3.45. The van der Waals surface area contributed by atoms with E-state index in [0.29, 0.717) is 13.0 Å². The molecule has 1 amide bonds. The molecule has 3 heterocycles. The topological polar surface area (TPSA) is 92.9 Å². The van der Waals surface area contributed by atoms with Gasteiger partial charge in [-0.1, -0.05) is 30.7 Å². The van der Waals surface area contributed by atoms with Crippen LogP contribution in [-0.2, 0) is 11.3 Å². The van der Waals surface area contributed by atoms with E-state index in [1.54, 1.807) is 18.6 Å². The first-order valence-corrected chi connectivity index (χ1v) is 12.4. The summed E-state index contributed by atoms with van der Waals surface area (Å²) in [5.41, 5.74) is 3.98. The molecule has 7 rings (SSSR count). The molecule has 2 atom stereocenters. The number of imidazole rings is 1. The number of carbonyl (C=O) groups is 1. The molecule has 0 saturated heterocycles. The summed E-state index contributed by atoms with van der Waals surface area (Å²) in [7, 11) is 0. The Labute approximate surface area is 199 Å². The highest BCUT2D eigenvalue weighted by Crippen LogP contribution is 2.57. The van der Waals surface area contributed by atoms with Gasteiger partial charge in [-0.05, 0) is 55.9 Å². The van der Waals surface area contributed by atoms with E-state index in [4.69, 9.17) is 0 Å². The molecule has 2 N–H and O–H groups in total. The lowest BCUT2D eigenvalue weighted by molar-refractivity contribution is -0.135. The first-order chi connectivity index (χ1) is 16.6. The maximum absolute atomic E-state index is 13.3. The first-order valence-electron chi connectivity index (χ1n) is 12.4. The molecule has 3 saturated carbocycles. The largest absolute Gasteiger partial charge is 0.392 e. The van der Waals surface area contributed by atoms with Crippen LogP contribution in [0.5, 0.6) is 0 Å². The number of rotatable bonds is 6. The summed E-state index contributed by atoms with van der Waals surface area (Å²) in [5, 5.41) is 14.8. The van der Waals surface area contributed by atoms with E-state index in [1.807, 2.05) is 12.5 Å². The zero-order valence-corrected chi connectivity index (χ0v) is 19.4. The van der Waals surface area contributed by atoms with Gasteiger partial charge in [0.2, 0.25) is 5.91 Å². The number of aliphatic hydroxyl groups excluding tert-OH is 1. The highest BCUT2D eigenvalue weighted by atomic mass is 16.3. The van der Waals surface area contributed by atoms with E-state index >= 15 is 0 Å². The molecule has 3 aromatic rings. The standard InChI is InChI=1S/C27H31N5O2/c33-24(14-22-20-4-1-2-5-21(20)23-17-29-18-32(22)23)26-6-3-7-27(10-8-26,11-9-26)25(34)31-16-19-15-28-12-13-30-19/h1-2,4-5,12-13,15,17-18,22,24,33H,3,6-11,14,16H2,(H,31,34). The lowest BCUT2D eigenvalue weighted by Crippen LogP contribution is -2.46. The lowest BCUT2D eigenvalue weighted by atomic mass is 9.62. The average molecular weight is 458 g/mol. The SMILES string of the molecule is O=C(NCc1cnccn1)C12CCCC(C(O)CC3c4ccccc4-c4cncn43)(CC1)CC2. The summed E-state index contributed by atoms with van der Waals surface area (Å²) in [4.78, 5) is 26.0. The molecule has 7 nitrogen and oxygen atoms in total. The predicted octanol–water partition coefficient (Wildman–Crippen LogP) is 4.04. The molecule has 7 heteroatoms. The van der Waals surface area contributed by atoms with Crippen LogP contribution in [0.15, 0.2) is 55.4 Å². The zero-order valence-electron chi connectivity index (χ0n) is 19.4. The number of amides is 1. The molecule has 34 heavy (non-hydrogen) atoms. The van der Waals surface area contributed by atoms with Gasteiger partial charge in [-0.3, -0.25) is 14.8 Å². The van der Waals surface area contributed by atoms with Crippen molar-refractivity contribution >= 4 is 5.91 Å². The predicted molar refractivity (Wildman–Crippen MR) is 127 cm³/mol. The fraction of sp³-hybridized carbons (Fsp3) is 0.481. The highest BCUT2D eigenvalue weighted by Gasteiger charge is 2.52. The monoisotopic (exact) mass is 457 g/mol. The van der Waals surface area contributed by atoms with Crippen LogP contribution in [-0.4, -0.2) is 36.6 Å². The summed E-state index contributed by atoms with van der Waals surface area (Å²) >= 11 is 0. The molecule has 1 aromatic carbocycles. The molecule has 2 unspecified atom stereocenters. The fourth-order valence-corrected chi connectivity index (χ4v) is 6.76. The Hall–Kier alpha value is -3.06. The van der Waals surface area contributed by atoms with Gasteiger partial charge in [-0.15, -0.1) is 0 Å². The van der Waals surface area contributed by atoms with Crippen LogP contribution >= 0.6 is 0 Å². The normalized spacial score (nSPS) is 28.1. The highest BCUT2D eigenvalue weighted by molar-refractivity contribution is 5.82. The summed E-state index contributed by atoms with van der Waals surface area (Å²) < 4.78 is 2.22. The average Bonchev–Trinajstić information content (AvgIpc) is 3.33. The van der Waals surface area contributed by atoms with E-state index in [1.165, 1.54) is 11.1 Å². The van der Waals surface area contributed by atoms with Gasteiger partial charge >= 0.3 is 0 Å². The molecule has 0 spiro atoms. The third-order valence-electron chi connectivity index (χ3n) is 8.81. The lowest BCUT2D eigenvalue weighted by Gasteiger charge is -2.45. The van der Waals surface area contributed by atoms with Crippen LogP contribution in [0.4, 0.5) is 0 Å². The minimum atomic E-state index is -0.405. The van der Waals surface area contributed by atoms with Gasteiger partial charge in [0.05, 0.1) is 48.8 Å². The molecule has 2 bridgehead atoms. The van der Waals surface area contributed by atoms with Crippen molar-refractivity contribution in [2.24, 2.45) is 10.8 Å². The number of fused-ring (bicyclic) bond motifs is 7. The van der Waals surface area contributed by atoms with E-state index in [9.17, 15) is 9.90 Å². The molecule has 3 aliphatic carbocycles. The van der Waals surface area contributed by atoms with Crippen molar-refractivity contribution in [3.05, 3.63) is 66.6 Å². The number of benzene rings is 1. The second-order valence-electron chi connectivity index (χ2n) is 10.4. The van der Waals surface area contributed by atoms with Crippen LogP contribution in [0.3, 0.4) is 0 Å². The van der Waals surface area contributed by atoms with Crippen molar-refractivity contribution in [3.63, 3.8) is 0 Å². The second kappa shape index (κ2) is 8.31. The van der Waals surface area contributed by atoms with E-state index in [-0.39, 0.29) is 22.8 Å². The van der Waals surface area contributed by atoms with Gasteiger partial charge in [0.1, 0.15) is 0 Å². The number of aromatic nitrogens is 4. The van der Waals surface area contributed by atoms with E-state index in [0.717, 1.165) is 56.3 Å². The van der Waals surface area contributed by atoms with Crippen LogP contribution in [0.25, 0.3) is 11.3 Å². The smallest absolute Gasteiger partial charge is 0.226 e. The van der Waals surface area contributed by atoms with Gasteiger partial charge in [0.25, 0.3) is 0 Å². The first kappa shape index (κ1) is 21.5. The van der Waals surface area contributed by atoms with Gasteiger partial charge in [0, 0.05) is 23.4 Å². The quantitative estimate of drug-likeness (QED) is 0.583. The Morgan fingerprint density at radius 3 is 2.76 bits per heavy atom. The Balaban J connectivity index is 1.16. The van der Waals surface area contributed by atoms with Crippen molar-refractivity contribution in [1.29, 1.82) is 0 Å². The van der Waals surface area contributed by atoms with Crippen molar-refractivity contribution in [2.75, 3.05) is 0 Å². The zero-order chi connectivity index (χ0) is 23.2. The van der Waals surface area contributed by atoms with E-state index < -0.39 is 6.10 Å². The number of aliphatic hydroxyl groups is 1. The second-order valence-corrected chi connectivity index (χ2v) is 10.4. The number of hydrogen-bond donors (Lipinski definition) is 2.